The average molecular weight is 311 g/mol. The number of hydrogen-bond donors (Lipinski definition) is 1. The van der Waals surface area contributed by atoms with Crippen LogP contribution in [0, 0.1) is 0 Å². The quantitative estimate of drug-likeness (QED) is 0.866. The second-order valence-corrected chi connectivity index (χ2v) is 6.49. The van der Waals surface area contributed by atoms with Crippen LogP contribution in [0.4, 0.5) is 10.7 Å². The molecule has 2 rings (SSSR count). The Hall–Kier alpha value is -1.27. The lowest BCUT2D eigenvalue weighted by molar-refractivity contribution is 0.0533. The number of carbonyl (C=O) groups is 1. The second-order valence-electron chi connectivity index (χ2n) is 5.46. The van der Waals surface area contributed by atoms with Crippen molar-refractivity contribution in [3.05, 3.63) is 10.9 Å². The number of likely N-dealkylation sites (N-methyl/N-ethyl adjacent to an activating group) is 1. The maximum absolute atomic E-state index is 11.9. The van der Waals surface area contributed by atoms with Crippen LogP contribution in [-0.2, 0) is 4.74 Å². The zero-order valence-corrected chi connectivity index (χ0v) is 13.9. The summed E-state index contributed by atoms with van der Waals surface area (Å²) in [6.07, 6.45) is 2.20. The van der Waals surface area contributed by atoms with Gasteiger partial charge in [0.15, 0.2) is 0 Å². The fourth-order valence-corrected chi connectivity index (χ4v) is 3.84. The third-order valence-corrected chi connectivity index (χ3v) is 5.03. The Morgan fingerprint density at radius 3 is 2.90 bits per heavy atom. The lowest BCUT2D eigenvalue weighted by atomic mass is 10.2. The number of esters is 1. The molecule has 0 amide bonds. The summed E-state index contributed by atoms with van der Waals surface area (Å²) >= 11 is 1.45. The maximum Gasteiger partial charge on any atom is 0.350 e. The predicted octanol–water partition coefficient (Wildman–Crippen LogP) is 2.43. The maximum atomic E-state index is 11.9. The summed E-state index contributed by atoms with van der Waals surface area (Å²) in [7, 11) is 2.17. The highest BCUT2D eigenvalue weighted by atomic mass is 32.1. The van der Waals surface area contributed by atoms with Crippen molar-refractivity contribution < 1.29 is 9.53 Å². The van der Waals surface area contributed by atoms with Crippen molar-refractivity contribution in [2.75, 3.05) is 43.9 Å². The molecule has 0 aromatic carbocycles. The van der Waals surface area contributed by atoms with Gasteiger partial charge >= 0.3 is 5.97 Å². The zero-order chi connectivity index (χ0) is 15.4. The first-order chi connectivity index (χ1) is 10.1. The largest absolute Gasteiger partial charge is 0.462 e. The number of ether oxygens (including phenoxy) is 1. The zero-order valence-electron chi connectivity index (χ0n) is 13.1. The van der Waals surface area contributed by atoms with Crippen molar-refractivity contribution in [3.8, 4) is 0 Å². The van der Waals surface area contributed by atoms with Gasteiger partial charge in [-0.1, -0.05) is 6.92 Å². The smallest absolute Gasteiger partial charge is 0.350 e. The van der Waals surface area contributed by atoms with Gasteiger partial charge in [0.25, 0.3) is 0 Å². The molecule has 1 aliphatic heterocycles. The van der Waals surface area contributed by atoms with Gasteiger partial charge in [-0.25, -0.2) is 4.79 Å². The molecule has 0 bridgehead atoms. The number of nitrogens with zero attached hydrogens (tertiary/aromatic N) is 2. The van der Waals surface area contributed by atoms with E-state index >= 15 is 0 Å². The molecule has 0 saturated carbocycles. The normalized spacial score (nSPS) is 20.3. The summed E-state index contributed by atoms with van der Waals surface area (Å²) in [5, 5.41) is 1.08. The van der Waals surface area contributed by atoms with Crippen LogP contribution in [-0.4, -0.2) is 50.2 Å². The number of nitrogens with two attached hydrogens (primary N) is 1. The van der Waals surface area contributed by atoms with Crippen molar-refractivity contribution in [1.29, 1.82) is 0 Å². The summed E-state index contributed by atoms with van der Waals surface area (Å²) in [5.41, 5.74) is 6.53. The summed E-state index contributed by atoms with van der Waals surface area (Å²) in [4.78, 5) is 17.2. The Morgan fingerprint density at radius 2 is 2.24 bits per heavy atom. The van der Waals surface area contributed by atoms with Crippen LogP contribution in [0.15, 0.2) is 6.07 Å². The molecular formula is C15H25N3O2S. The van der Waals surface area contributed by atoms with E-state index < -0.39 is 0 Å². The van der Waals surface area contributed by atoms with Crippen LogP contribution in [0.5, 0.6) is 0 Å². The number of anilines is 2. The van der Waals surface area contributed by atoms with Crippen molar-refractivity contribution in [3.63, 3.8) is 0 Å². The minimum absolute atomic E-state index is 0.314. The van der Waals surface area contributed by atoms with Crippen molar-refractivity contribution >= 4 is 28.0 Å². The highest BCUT2D eigenvalue weighted by molar-refractivity contribution is 7.18. The molecule has 1 saturated heterocycles. The highest BCUT2D eigenvalue weighted by Gasteiger charge is 2.25. The minimum Gasteiger partial charge on any atom is -0.462 e. The van der Waals surface area contributed by atoms with E-state index in [9.17, 15) is 4.79 Å². The third kappa shape index (κ3) is 3.68. The minimum atomic E-state index is -0.314. The molecule has 1 aromatic heterocycles. The molecule has 2 N–H and O–H groups in total. The number of nitrogen functional groups attached to an aromatic ring is 1. The van der Waals surface area contributed by atoms with E-state index in [4.69, 9.17) is 10.5 Å². The van der Waals surface area contributed by atoms with E-state index in [1.54, 1.807) is 6.92 Å². The Morgan fingerprint density at radius 1 is 1.48 bits per heavy atom. The fraction of sp³-hybridized carbons (Fsp3) is 0.667. The van der Waals surface area contributed by atoms with E-state index in [1.165, 1.54) is 11.3 Å². The number of carbonyl (C=O) groups excluding carboxylic acids is 1. The molecule has 21 heavy (non-hydrogen) atoms. The van der Waals surface area contributed by atoms with Gasteiger partial charge in [-0.15, -0.1) is 11.3 Å². The first-order valence-corrected chi connectivity index (χ1v) is 8.40. The molecule has 1 aromatic rings. The van der Waals surface area contributed by atoms with Gasteiger partial charge in [0.05, 0.1) is 17.3 Å². The van der Waals surface area contributed by atoms with E-state index in [0.717, 1.165) is 37.5 Å². The number of thiophene rings is 1. The van der Waals surface area contributed by atoms with Gasteiger partial charge in [-0.05, 0) is 39.4 Å². The van der Waals surface area contributed by atoms with Crippen molar-refractivity contribution in [2.24, 2.45) is 0 Å². The second kappa shape index (κ2) is 7.13. The summed E-state index contributed by atoms with van der Waals surface area (Å²) in [5.74, 6) is -0.314. The lowest BCUT2D eigenvalue weighted by Gasteiger charge is -2.30. The Kier molecular flexibility index (Phi) is 5.47. The average Bonchev–Trinajstić information content (AvgIpc) is 2.72. The third-order valence-electron chi connectivity index (χ3n) is 3.86. The Balaban J connectivity index is 2.23. The van der Waals surface area contributed by atoms with E-state index in [0.29, 0.717) is 23.2 Å². The Bertz CT molecular complexity index is 489. The van der Waals surface area contributed by atoms with Crippen LogP contribution in [0.3, 0.4) is 0 Å². The van der Waals surface area contributed by atoms with Gasteiger partial charge in [-0.2, -0.15) is 0 Å². The summed E-state index contributed by atoms with van der Waals surface area (Å²) < 4.78 is 5.07. The van der Waals surface area contributed by atoms with E-state index in [-0.39, 0.29) is 5.97 Å². The fourth-order valence-electron chi connectivity index (χ4n) is 2.77. The lowest BCUT2D eigenvalue weighted by Crippen LogP contribution is -2.39. The molecule has 0 aliphatic carbocycles. The molecule has 118 valence electrons. The number of hydrogen-bond acceptors (Lipinski definition) is 6. The SMILES string of the molecule is CCOC(=O)c1sc(N2CCCN(C)CC2CC)cc1N. The molecule has 0 radical (unpaired) electrons. The topological polar surface area (TPSA) is 58.8 Å². The molecule has 0 spiro atoms. The summed E-state index contributed by atoms with van der Waals surface area (Å²) in [6.45, 7) is 7.55. The van der Waals surface area contributed by atoms with Crippen LogP contribution in [0.25, 0.3) is 0 Å². The molecular weight excluding hydrogens is 286 g/mol. The number of rotatable bonds is 4. The first kappa shape index (κ1) is 16.1. The molecule has 5 nitrogen and oxygen atoms in total. The van der Waals surface area contributed by atoms with Crippen LogP contribution in [0.2, 0.25) is 0 Å². The van der Waals surface area contributed by atoms with Gasteiger partial charge < -0.3 is 20.3 Å². The van der Waals surface area contributed by atoms with Crippen molar-refractivity contribution in [1.82, 2.24) is 4.90 Å². The molecule has 1 atom stereocenters. The van der Waals surface area contributed by atoms with Gasteiger partial charge in [-0.3, -0.25) is 0 Å². The van der Waals surface area contributed by atoms with Gasteiger partial charge in [0.1, 0.15) is 4.88 Å². The van der Waals surface area contributed by atoms with Crippen LogP contribution in [0.1, 0.15) is 36.4 Å². The highest BCUT2D eigenvalue weighted by Crippen LogP contribution is 2.35. The van der Waals surface area contributed by atoms with Gasteiger partial charge in [0, 0.05) is 19.1 Å². The molecule has 1 aliphatic rings. The van der Waals surface area contributed by atoms with Crippen LogP contribution < -0.4 is 10.6 Å². The molecule has 1 fully saturated rings. The van der Waals surface area contributed by atoms with E-state index in [1.807, 2.05) is 6.07 Å². The predicted molar refractivity (Wildman–Crippen MR) is 88.2 cm³/mol. The standard InChI is InChI=1S/C15H25N3O2S/c1-4-11-10-17(3)7-6-8-18(11)13-9-12(16)14(21-13)15(19)20-5-2/h9,11H,4-8,10,16H2,1-3H3. The van der Waals surface area contributed by atoms with Crippen molar-refractivity contribution in [2.45, 2.75) is 32.7 Å². The van der Waals surface area contributed by atoms with Crippen LogP contribution >= 0.6 is 11.3 Å². The molecule has 6 heteroatoms. The Labute approximate surface area is 130 Å². The first-order valence-electron chi connectivity index (χ1n) is 7.58. The molecule has 2 heterocycles. The van der Waals surface area contributed by atoms with E-state index in [2.05, 4.69) is 23.8 Å². The monoisotopic (exact) mass is 311 g/mol. The molecule has 1 unspecified atom stereocenters. The van der Waals surface area contributed by atoms with Gasteiger partial charge in [0.2, 0.25) is 0 Å². The summed E-state index contributed by atoms with van der Waals surface area (Å²) in [6, 6.07) is 2.39.